The second kappa shape index (κ2) is 6.10. The van der Waals surface area contributed by atoms with Crippen molar-refractivity contribution in [3.05, 3.63) is 76.6 Å². The SMILES string of the molecule is C/C=C/C=Nc1ccc(C2=CCc3nc(C)ccc32)cc1C. The number of benzene rings is 1. The Bertz CT molecular complexity index is 795. The minimum absolute atomic E-state index is 0.923. The highest BCUT2D eigenvalue weighted by Gasteiger charge is 2.17. The number of hydrogen-bond donors (Lipinski definition) is 0. The summed E-state index contributed by atoms with van der Waals surface area (Å²) in [6.45, 7) is 6.14. The van der Waals surface area contributed by atoms with Crippen LogP contribution in [0.4, 0.5) is 5.69 Å². The number of aliphatic imine (C=N–C) groups is 1. The van der Waals surface area contributed by atoms with Crippen LogP contribution in [0.5, 0.6) is 0 Å². The van der Waals surface area contributed by atoms with Crippen molar-refractivity contribution in [1.29, 1.82) is 0 Å². The van der Waals surface area contributed by atoms with E-state index in [4.69, 9.17) is 0 Å². The van der Waals surface area contributed by atoms with Crippen LogP contribution in [0.2, 0.25) is 0 Å². The average Bonchev–Trinajstić information content (AvgIpc) is 2.92. The van der Waals surface area contributed by atoms with Crippen LogP contribution in [0, 0.1) is 13.8 Å². The summed E-state index contributed by atoms with van der Waals surface area (Å²) < 4.78 is 0. The third-order valence-electron chi connectivity index (χ3n) is 3.90. The lowest BCUT2D eigenvalue weighted by Gasteiger charge is -2.09. The van der Waals surface area contributed by atoms with Crippen LogP contribution in [0.1, 0.15) is 35.0 Å². The van der Waals surface area contributed by atoms with Gasteiger partial charge >= 0.3 is 0 Å². The summed E-state index contributed by atoms with van der Waals surface area (Å²) >= 11 is 0. The Morgan fingerprint density at radius 1 is 1.14 bits per heavy atom. The van der Waals surface area contributed by atoms with Gasteiger partial charge in [-0.15, -0.1) is 0 Å². The summed E-state index contributed by atoms with van der Waals surface area (Å²) in [6.07, 6.45) is 8.94. The average molecular weight is 288 g/mol. The first-order valence-corrected chi connectivity index (χ1v) is 7.62. The van der Waals surface area contributed by atoms with Crippen molar-refractivity contribution in [2.24, 2.45) is 4.99 Å². The van der Waals surface area contributed by atoms with Gasteiger partial charge in [-0.1, -0.05) is 24.3 Å². The Balaban J connectivity index is 1.93. The standard InChI is InChI=1S/C20H20N2/c1-4-5-12-21-19-10-7-16(13-14(19)2)17-9-11-20-18(17)8-6-15(3)22-20/h4-10,12-13H,11H2,1-3H3/b5-4+,21-12?. The molecule has 1 aromatic carbocycles. The third kappa shape index (κ3) is 2.77. The largest absolute Gasteiger partial charge is 0.257 e. The quantitative estimate of drug-likeness (QED) is 0.732. The van der Waals surface area contributed by atoms with Crippen LogP contribution in [0.3, 0.4) is 0 Å². The van der Waals surface area contributed by atoms with Gasteiger partial charge in [0.25, 0.3) is 0 Å². The summed E-state index contributed by atoms with van der Waals surface area (Å²) in [4.78, 5) is 9.11. The normalized spacial score (nSPS) is 13.9. The maximum Gasteiger partial charge on any atom is 0.0659 e. The minimum Gasteiger partial charge on any atom is -0.257 e. The van der Waals surface area contributed by atoms with E-state index >= 15 is 0 Å². The summed E-state index contributed by atoms with van der Waals surface area (Å²) in [5, 5.41) is 0. The van der Waals surface area contributed by atoms with Gasteiger partial charge in [0.15, 0.2) is 0 Å². The lowest BCUT2D eigenvalue weighted by molar-refractivity contribution is 1.07. The molecule has 1 aliphatic rings. The first kappa shape index (κ1) is 14.5. The fourth-order valence-corrected chi connectivity index (χ4v) is 2.77. The molecule has 0 spiro atoms. The van der Waals surface area contributed by atoms with E-state index in [0.717, 1.165) is 17.8 Å². The number of hydrogen-bond acceptors (Lipinski definition) is 2. The molecular formula is C20H20N2. The maximum atomic E-state index is 4.64. The first-order valence-electron chi connectivity index (χ1n) is 7.62. The summed E-state index contributed by atoms with van der Waals surface area (Å²) in [7, 11) is 0. The molecule has 2 aromatic rings. The number of nitrogens with zero attached hydrogens (tertiary/aromatic N) is 2. The van der Waals surface area contributed by atoms with Gasteiger partial charge in [0, 0.05) is 23.9 Å². The van der Waals surface area contributed by atoms with E-state index in [2.05, 4.69) is 53.3 Å². The van der Waals surface area contributed by atoms with Crippen molar-refractivity contribution >= 4 is 17.5 Å². The number of aromatic nitrogens is 1. The summed E-state index contributed by atoms with van der Waals surface area (Å²) in [5.74, 6) is 0. The molecule has 0 bridgehead atoms. The molecule has 2 nitrogen and oxygen atoms in total. The van der Waals surface area contributed by atoms with Crippen LogP contribution < -0.4 is 0 Å². The number of fused-ring (bicyclic) bond motifs is 1. The van der Waals surface area contributed by atoms with Crippen molar-refractivity contribution in [2.45, 2.75) is 27.2 Å². The van der Waals surface area contributed by atoms with Crippen molar-refractivity contribution < 1.29 is 0 Å². The summed E-state index contributed by atoms with van der Waals surface area (Å²) in [5.41, 5.74) is 8.26. The number of rotatable bonds is 3. The molecule has 1 heterocycles. The highest BCUT2D eigenvalue weighted by molar-refractivity contribution is 5.85. The monoisotopic (exact) mass is 288 g/mol. The van der Waals surface area contributed by atoms with Crippen LogP contribution in [0.15, 0.2) is 53.6 Å². The Hall–Kier alpha value is -2.48. The van der Waals surface area contributed by atoms with Gasteiger partial charge < -0.3 is 0 Å². The molecule has 22 heavy (non-hydrogen) atoms. The van der Waals surface area contributed by atoms with Gasteiger partial charge in [-0.3, -0.25) is 9.98 Å². The highest BCUT2D eigenvalue weighted by atomic mass is 14.7. The van der Waals surface area contributed by atoms with E-state index in [1.165, 1.54) is 28.0 Å². The zero-order valence-corrected chi connectivity index (χ0v) is 13.3. The number of aryl methyl sites for hydroxylation is 2. The van der Waals surface area contributed by atoms with E-state index in [9.17, 15) is 0 Å². The van der Waals surface area contributed by atoms with Gasteiger partial charge in [-0.25, -0.2) is 0 Å². The maximum absolute atomic E-state index is 4.64. The van der Waals surface area contributed by atoms with Gasteiger partial charge in [0.2, 0.25) is 0 Å². The molecule has 2 heteroatoms. The van der Waals surface area contributed by atoms with Crippen LogP contribution >= 0.6 is 0 Å². The van der Waals surface area contributed by atoms with Crippen LogP contribution in [-0.4, -0.2) is 11.2 Å². The first-order chi connectivity index (χ1) is 10.7. The molecule has 0 atom stereocenters. The fraction of sp³-hybridized carbons (Fsp3) is 0.200. The van der Waals surface area contributed by atoms with E-state index in [0.29, 0.717) is 0 Å². The second-order valence-electron chi connectivity index (χ2n) is 5.57. The summed E-state index contributed by atoms with van der Waals surface area (Å²) in [6, 6.07) is 10.7. The molecule has 0 fully saturated rings. The smallest absolute Gasteiger partial charge is 0.0659 e. The third-order valence-corrected chi connectivity index (χ3v) is 3.90. The topological polar surface area (TPSA) is 25.2 Å². The Kier molecular flexibility index (Phi) is 4.01. The molecular weight excluding hydrogens is 268 g/mol. The lowest BCUT2D eigenvalue weighted by atomic mass is 9.98. The molecule has 0 amide bonds. The van der Waals surface area contributed by atoms with Crippen molar-refractivity contribution in [3.8, 4) is 0 Å². The molecule has 3 rings (SSSR count). The predicted molar refractivity (Wildman–Crippen MR) is 93.9 cm³/mol. The van der Waals surface area contributed by atoms with Crippen LogP contribution in [-0.2, 0) is 6.42 Å². The van der Waals surface area contributed by atoms with E-state index in [-0.39, 0.29) is 0 Å². The molecule has 0 saturated carbocycles. The second-order valence-corrected chi connectivity index (χ2v) is 5.57. The molecule has 1 aliphatic carbocycles. The molecule has 0 radical (unpaired) electrons. The molecule has 0 unspecified atom stereocenters. The molecule has 0 N–H and O–H groups in total. The zero-order chi connectivity index (χ0) is 15.5. The zero-order valence-electron chi connectivity index (χ0n) is 13.3. The van der Waals surface area contributed by atoms with Gasteiger partial charge in [0.05, 0.1) is 11.4 Å². The van der Waals surface area contributed by atoms with Crippen molar-refractivity contribution in [1.82, 2.24) is 4.98 Å². The van der Waals surface area contributed by atoms with Gasteiger partial charge in [0.1, 0.15) is 0 Å². The van der Waals surface area contributed by atoms with Gasteiger partial charge in [-0.05, 0) is 61.7 Å². The molecule has 110 valence electrons. The Morgan fingerprint density at radius 3 is 2.77 bits per heavy atom. The van der Waals surface area contributed by atoms with Crippen LogP contribution in [0.25, 0.3) is 5.57 Å². The van der Waals surface area contributed by atoms with Crippen molar-refractivity contribution in [3.63, 3.8) is 0 Å². The Morgan fingerprint density at radius 2 is 2.00 bits per heavy atom. The van der Waals surface area contributed by atoms with E-state index in [1.807, 2.05) is 32.2 Å². The molecule has 0 saturated heterocycles. The van der Waals surface area contributed by atoms with Crippen molar-refractivity contribution in [2.75, 3.05) is 0 Å². The number of pyridine rings is 1. The Labute approximate surface area is 132 Å². The van der Waals surface area contributed by atoms with Gasteiger partial charge in [-0.2, -0.15) is 0 Å². The lowest BCUT2D eigenvalue weighted by Crippen LogP contribution is -1.93. The molecule has 0 aliphatic heterocycles. The van der Waals surface area contributed by atoms with E-state index in [1.54, 1.807) is 0 Å². The number of allylic oxidation sites excluding steroid dienone is 3. The predicted octanol–water partition coefficient (Wildman–Crippen LogP) is 4.96. The highest BCUT2D eigenvalue weighted by Crippen LogP contribution is 2.33. The molecule has 1 aromatic heterocycles. The van der Waals surface area contributed by atoms with E-state index < -0.39 is 0 Å². The minimum atomic E-state index is 0.923. The fourth-order valence-electron chi connectivity index (χ4n) is 2.77.